The molecule has 1 aromatic carbocycles. The fourth-order valence-electron chi connectivity index (χ4n) is 2.17. The first-order valence-corrected chi connectivity index (χ1v) is 9.89. The molecule has 0 bridgehead atoms. The van der Waals surface area contributed by atoms with E-state index in [1.165, 1.54) is 37.4 Å². The van der Waals surface area contributed by atoms with Crippen LogP contribution < -0.4 is 4.31 Å². The number of rotatable bonds is 3. The van der Waals surface area contributed by atoms with Crippen LogP contribution in [0.1, 0.15) is 32.5 Å². The lowest BCUT2D eigenvalue weighted by Crippen LogP contribution is -2.42. The molecule has 0 aliphatic heterocycles. The van der Waals surface area contributed by atoms with E-state index >= 15 is 0 Å². The molecule has 1 heterocycles. The van der Waals surface area contributed by atoms with Gasteiger partial charge < -0.3 is 4.74 Å². The molecule has 0 atom stereocenters. The van der Waals surface area contributed by atoms with Gasteiger partial charge in [0, 0.05) is 17.6 Å². The van der Waals surface area contributed by atoms with E-state index in [4.69, 9.17) is 4.74 Å². The van der Waals surface area contributed by atoms with E-state index in [0.717, 1.165) is 4.57 Å². The molecule has 140 valence electrons. The van der Waals surface area contributed by atoms with Gasteiger partial charge in [0.15, 0.2) is 0 Å². The largest absolute Gasteiger partial charge is 0.443 e. The van der Waals surface area contributed by atoms with Gasteiger partial charge in [0.05, 0.1) is 0 Å². The summed E-state index contributed by atoms with van der Waals surface area (Å²) in [4.78, 5) is 24.5. The second-order valence-corrected chi connectivity index (χ2v) is 9.05. The second-order valence-electron chi connectivity index (χ2n) is 6.44. The van der Waals surface area contributed by atoms with Gasteiger partial charge in [-0.1, -0.05) is 12.1 Å². The summed E-state index contributed by atoms with van der Waals surface area (Å²) in [6, 6.07) is 8.93. The summed E-state index contributed by atoms with van der Waals surface area (Å²) in [6.45, 7) is 6.14. The molecule has 0 saturated heterocycles. The molecule has 0 aliphatic carbocycles. The SMILES string of the molecule is CC(=O)n1cccc1N(C(=O)OC(C)(C)C)S(=O)(=O)c1ccccc1Br. The molecule has 1 amide bonds. The Morgan fingerprint density at radius 2 is 1.73 bits per heavy atom. The fourth-order valence-corrected chi connectivity index (χ4v) is 4.46. The highest BCUT2D eigenvalue weighted by molar-refractivity contribution is 9.10. The maximum atomic E-state index is 13.2. The van der Waals surface area contributed by atoms with Crippen molar-refractivity contribution < 1.29 is 22.7 Å². The molecule has 0 N–H and O–H groups in total. The van der Waals surface area contributed by atoms with Crippen molar-refractivity contribution in [3.05, 3.63) is 47.1 Å². The van der Waals surface area contributed by atoms with E-state index in [2.05, 4.69) is 15.9 Å². The summed E-state index contributed by atoms with van der Waals surface area (Å²) in [7, 11) is -4.34. The second kappa shape index (κ2) is 7.24. The fraction of sp³-hybridized carbons (Fsp3) is 0.294. The lowest BCUT2D eigenvalue weighted by molar-refractivity contribution is 0.0607. The van der Waals surface area contributed by atoms with E-state index in [0.29, 0.717) is 4.31 Å². The Morgan fingerprint density at radius 3 is 2.27 bits per heavy atom. The molecular formula is C17H19BrN2O5S. The predicted molar refractivity (Wildman–Crippen MR) is 101 cm³/mol. The van der Waals surface area contributed by atoms with Gasteiger partial charge in [-0.25, -0.2) is 13.2 Å². The minimum absolute atomic E-state index is 0.123. The predicted octanol–water partition coefficient (Wildman–Crippen LogP) is 4.04. The average molecular weight is 443 g/mol. The van der Waals surface area contributed by atoms with Crippen molar-refractivity contribution in [2.24, 2.45) is 0 Å². The summed E-state index contributed by atoms with van der Waals surface area (Å²) in [6.07, 6.45) is 0.277. The molecule has 2 rings (SSSR count). The topological polar surface area (TPSA) is 85.7 Å². The van der Waals surface area contributed by atoms with Gasteiger partial charge in [0.25, 0.3) is 10.0 Å². The zero-order chi connectivity index (χ0) is 19.7. The van der Waals surface area contributed by atoms with E-state index in [1.54, 1.807) is 32.9 Å². The van der Waals surface area contributed by atoms with Crippen LogP contribution in [0.4, 0.5) is 10.6 Å². The molecule has 0 unspecified atom stereocenters. The van der Waals surface area contributed by atoms with Crippen LogP contribution in [-0.4, -0.2) is 30.6 Å². The molecule has 0 fully saturated rings. The number of amides is 1. The minimum atomic E-state index is -4.34. The van der Waals surface area contributed by atoms with Crippen LogP contribution in [0, 0.1) is 0 Å². The first kappa shape index (κ1) is 20.2. The van der Waals surface area contributed by atoms with Gasteiger partial charge in [0.1, 0.15) is 16.3 Å². The van der Waals surface area contributed by atoms with Gasteiger partial charge in [-0.15, -0.1) is 0 Å². The number of anilines is 1. The molecular weight excluding hydrogens is 424 g/mol. The zero-order valence-corrected chi connectivity index (χ0v) is 17.2. The first-order valence-electron chi connectivity index (χ1n) is 7.66. The number of halogens is 1. The van der Waals surface area contributed by atoms with Crippen LogP contribution in [0.2, 0.25) is 0 Å². The Morgan fingerprint density at radius 1 is 1.12 bits per heavy atom. The number of hydrogen-bond donors (Lipinski definition) is 0. The smallest absolute Gasteiger partial charge is 0.430 e. The quantitative estimate of drug-likeness (QED) is 0.715. The van der Waals surface area contributed by atoms with Crippen molar-refractivity contribution in [1.82, 2.24) is 4.57 Å². The summed E-state index contributed by atoms with van der Waals surface area (Å²) in [5.74, 6) is -0.566. The zero-order valence-electron chi connectivity index (χ0n) is 14.8. The third kappa shape index (κ3) is 4.16. The number of sulfonamides is 1. The average Bonchev–Trinajstić information content (AvgIpc) is 2.94. The standard InChI is InChI=1S/C17H19BrN2O5S/c1-12(21)19-11-7-10-15(19)20(16(22)25-17(2,3)4)26(23,24)14-9-6-5-8-13(14)18/h5-11H,1-4H3. The molecule has 0 spiro atoms. The van der Waals surface area contributed by atoms with Crippen molar-refractivity contribution in [3.8, 4) is 0 Å². The van der Waals surface area contributed by atoms with Crippen LogP contribution >= 0.6 is 15.9 Å². The molecule has 7 nitrogen and oxygen atoms in total. The molecule has 2 aromatic rings. The Kier molecular flexibility index (Phi) is 5.62. The van der Waals surface area contributed by atoms with Crippen LogP contribution in [0.15, 0.2) is 52.0 Å². The molecule has 9 heteroatoms. The van der Waals surface area contributed by atoms with Gasteiger partial charge in [0.2, 0.25) is 5.91 Å². The summed E-state index contributed by atoms with van der Waals surface area (Å²) in [5, 5.41) is 0. The Hall–Kier alpha value is -2.13. The number of benzene rings is 1. The van der Waals surface area contributed by atoms with Crippen LogP contribution in [0.5, 0.6) is 0 Å². The summed E-state index contributed by atoms with van der Waals surface area (Å²) < 4.78 is 33.6. The Bertz CT molecular complexity index is 944. The normalized spacial score (nSPS) is 11.9. The number of ether oxygens (including phenoxy) is 1. The number of carbonyl (C=O) groups excluding carboxylic acids is 2. The number of aromatic nitrogens is 1. The van der Waals surface area contributed by atoms with E-state index in [1.807, 2.05) is 0 Å². The highest BCUT2D eigenvalue weighted by Gasteiger charge is 2.37. The van der Waals surface area contributed by atoms with E-state index < -0.39 is 27.6 Å². The van der Waals surface area contributed by atoms with Crippen molar-refractivity contribution in [1.29, 1.82) is 0 Å². The molecule has 0 saturated carbocycles. The maximum absolute atomic E-state index is 13.2. The van der Waals surface area contributed by atoms with Crippen LogP contribution in [0.3, 0.4) is 0 Å². The molecule has 26 heavy (non-hydrogen) atoms. The van der Waals surface area contributed by atoms with Crippen molar-refractivity contribution in [2.75, 3.05) is 4.31 Å². The third-order valence-corrected chi connectivity index (χ3v) is 5.87. The monoisotopic (exact) mass is 442 g/mol. The number of hydrogen-bond acceptors (Lipinski definition) is 5. The number of nitrogens with zero attached hydrogens (tertiary/aromatic N) is 2. The maximum Gasteiger partial charge on any atom is 0.430 e. The van der Waals surface area contributed by atoms with Crippen molar-refractivity contribution in [2.45, 2.75) is 38.2 Å². The van der Waals surface area contributed by atoms with E-state index in [-0.39, 0.29) is 15.2 Å². The molecule has 1 aromatic heterocycles. The lowest BCUT2D eigenvalue weighted by Gasteiger charge is -2.27. The highest BCUT2D eigenvalue weighted by Crippen LogP contribution is 2.30. The molecule has 0 radical (unpaired) electrons. The summed E-state index contributed by atoms with van der Waals surface area (Å²) in [5.41, 5.74) is -0.924. The Balaban J connectivity index is 2.68. The van der Waals surface area contributed by atoms with Crippen molar-refractivity contribution >= 4 is 43.8 Å². The van der Waals surface area contributed by atoms with Gasteiger partial charge in [-0.3, -0.25) is 9.36 Å². The lowest BCUT2D eigenvalue weighted by atomic mass is 10.2. The van der Waals surface area contributed by atoms with Crippen LogP contribution in [0.25, 0.3) is 0 Å². The van der Waals surface area contributed by atoms with Crippen molar-refractivity contribution in [3.63, 3.8) is 0 Å². The van der Waals surface area contributed by atoms with Crippen LogP contribution in [-0.2, 0) is 14.8 Å². The van der Waals surface area contributed by atoms with Gasteiger partial charge >= 0.3 is 6.09 Å². The van der Waals surface area contributed by atoms with Gasteiger partial charge in [-0.05, 0) is 61.0 Å². The summed E-state index contributed by atoms with van der Waals surface area (Å²) >= 11 is 3.19. The first-order chi connectivity index (χ1) is 11.9. The highest BCUT2D eigenvalue weighted by atomic mass is 79.9. The number of carbonyl (C=O) groups is 2. The third-order valence-electron chi connectivity index (χ3n) is 3.19. The molecule has 0 aliphatic rings. The minimum Gasteiger partial charge on any atom is -0.443 e. The van der Waals surface area contributed by atoms with E-state index in [9.17, 15) is 18.0 Å². The van der Waals surface area contributed by atoms with Gasteiger partial charge in [-0.2, -0.15) is 4.31 Å². The Labute approximate surface area is 160 Å².